The molecule has 0 bridgehead atoms. The summed E-state index contributed by atoms with van der Waals surface area (Å²) in [5.41, 5.74) is 1.11. The van der Waals surface area contributed by atoms with Gasteiger partial charge in [-0.2, -0.15) is 0 Å². The van der Waals surface area contributed by atoms with Gasteiger partial charge in [-0.3, -0.25) is 14.9 Å². The fraction of sp³-hybridized carbons (Fsp3) is 0.100. The van der Waals surface area contributed by atoms with Crippen molar-refractivity contribution in [1.29, 1.82) is 0 Å². The van der Waals surface area contributed by atoms with Crippen LogP contribution in [0.1, 0.15) is 12.5 Å². The van der Waals surface area contributed by atoms with Crippen molar-refractivity contribution in [3.63, 3.8) is 0 Å². The van der Waals surface area contributed by atoms with E-state index in [1.54, 1.807) is 25.1 Å². The summed E-state index contributed by atoms with van der Waals surface area (Å²) >= 11 is 5.24. The third-order valence-corrected chi connectivity index (χ3v) is 2.10. The van der Waals surface area contributed by atoms with Crippen molar-refractivity contribution in [3.05, 3.63) is 45.5 Å². The predicted octanol–water partition coefficient (Wildman–Crippen LogP) is 2.76. The third kappa shape index (κ3) is 3.18. The van der Waals surface area contributed by atoms with E-state index in [2.05, 4.69) is 0 Å². The summed E-state index contributed by atoms with van der Waals surface area (Å²) in [5, 5.41) is 9.82. The average Bonchev–Trinajstić information content (AvgIpc) is 2.18. The number of rotatable bonds is 3. The minimum atomic E-state index is -0.534. The van der Waals surface area contributed by atoms with Gasteiger partial charge >= 0.3 is 0 Å². The average molecular weight is 226 g/mol. The van der Waals surface area contributed by atoms with E-state index in [1.807, 2.05) is 0 Å². The topological polar surface area (TPSA) is 60.2 Å². The van der Waals surface area contributed by atoms with E-state index in [1.165, 1.54) is 12.1 Å². The Morgan fingerprint density at radius 3 is 2.33 bits per heavy atom. The molecule has 0 spiro atoms. The number of halogens is 1. The van der Waals surface area contributed by atoms with Crippen molar-refractivity contribution in [3.8, 4) is 0 Å². The zero-order valence-corrected chi connectivity index (χ0v) is 8.69. The van der Waals surface area contributed by atoms with E-state index in [-0.39, 0.29) is 5.69 Å². The van der Waals surface area contributed by atoms with E-state index >= 15 is 0 Å². The number of nitro groups is 1. The highest BCUT2D eigenvalue weighted by atomic mass is 35.5. The van der Waals surface area contributed by atoms with Crippen LogP contribution in [0.3, 0.4) is 0 Å². The Labute approximate surface area is 91.3 Å². The van der Waals surface area contributed by atoms with E-state index in [4.69, 9.17) is 11.6 Å². The Morgan fingerprint density at radius 1 is 1.40 bits per heavy atom. The standard InChI is InChI=1S/C10H8ClNO3/c1-7(10(11)13)6-8-2-4-9(5-3-8)12(14)15/h2-6H,1H3. The van der Waals surface area contributed by atoms with E-state index in [0.717, 1.165) is 0 Å². The number of allylic oxidation sites excluding steroid dienone is 1. The Hall–Kier alpha value is -1.68. The second-order valence-corrected chi connectivity index (χ2v) is 3.29. The van der Waals surface area contributed by atoms with Gasteiger partial charge in [0.05, 0.1) is 4.92 Å². The van der Waals surface area contributed by atoms with Gasteiger partial charge in [0.2, 0.25) is 5.24 Å². The first-order valence-electron chi connectivity index (χ1n) is 4.13. The number of hydrogen-bond acceptors (Lipinski definition) is 3. The van der Waals surface area contributed by atoms with E-state index < -0.39 is 10.2 Å². The fourth-order valence-corrected chi connectivity index (χ4v) is 1.05. The number of nitrogens with zero attached hydrogens (tertiary/aromatic N) is 1. The number of carbonyl (C=O) groups excluding carboxylic acids is 1. The summed E-state index contributed by atoms with van der Waals surface area (Å²) in [6.07, 6.45) is 1.57. The summed E-state index contributed by atoms with van der Waals surface area (Å²) in [5.74, 6) is 0. The molecule has 1 aromatic rings. The first-order chi connectivity index (χ1) is 7.00. The minimum Gasteiger partial charge on any atom is -0.276 e. The molecule has 0 saturated carbocycles. The Kier molecular flexibility index (Phi) is 3.57. The first kappa shape index (κ1) is 11.4. The van der Waals surface area contributed by atoms with Crippen LogP contribution in [0.25, 0.3) is 6.08 Å². The monoisotopic (exact) mass is 225 g/mol. The van der Waals surface area contributed by atoms with Crippen LogP contribution in [0, 0.1) is 10.1 Å². The maximum absolute atomic E-state index is 10.7. The number of carbonyl (C=O) groups is 1. The van der Waals surface area contributed by atoms with Crippen LogP contribution in [0.15, 0.2) is 29.8 Å². The molecule has 1 rings (SSSR count). The van der Waals surface area contributed by atoms with E-state index in [0.29, 0.717) is 11.1 Å². The highest BCUT2D eigenvalue weighted by Gasteiger charge is 2.04. The molecule has 1 aromatic carbocycles. The Bertz CT molecular complexity index is 423. The highest BCUT2D eigenvalue weighted by Crippen LogP contribution is 2.14. The van der Waals surface area contributed by atoms with Gasteiger partial charge in [0, 0.05) is 17.7 Å². The smallest absolute Gasteiger partial charge is 0.269 e. The van der Waals surface area contributed by atoms with Crippen LogP contribution in [-0.2, 0) is 4.79 Å². The van der Waals surface area contributed by atoms with Crippen molar-refractivity contribution >= 4 is 28.6 Å². The lowest BCUT2D eigenvalue weighted by Crippen LogP contribution is -1.89. The molecular weight excluding hydrogens is 218 g/mol. The molecule has 5 heteroatoms. The van der Waals surface area contributed by atoms with Crippen molar-refractivity contribution < 1.29 is 9.72 Å². The molecule has 4 nitrogen and oxygen atoms in total. The van der Waals surface area contributed by atoms with Crippen molar-refractivity contribution in [2.75, 3.05) is 0 Å². The molecule has 0 N–H and O–H groups in total. The van der Waals surface area contributed by atoms with Gasteiger partial charge < -0.3 is 0 Å². The molecule has 0 amide bonds. The molecule has 0 fully saturated rings. The summed E-state index contributed by atoms with van der Waals surface area (Å²) in [6.45, 7) is 1.58. The molecule has 0 unspecified atom stereocenters. The lowest BCUT2D eigenvalue weighted by atomic mass is 10.1. The number of nitro benzene ring substituents is 1. The lowest BCUT2D eigenvalue weighted by Gasteiger charge is -1.95. The van der Waals surface area contributed by atoms with Gasteiger partial charge in [-0.1, -0.05) is 0 Å². The molecule has 0 saturated heterocycles. The maximum atomic E-state index is 10.7. The molecule has 0 aliphatic rings. The van der Waals surface area contributed by atoms with Crippen LogP contribution < -0.4 is 0 Å². The zero-order chi connectivity index (χ0) is 11.4. The Morgan fingerprint density at radius 2 is 1.93 bits per heavy atom. The SMILES string of the molecule is CC(=Cc1ccc([N+](=O)[O-])cc1)C(=O)Cl. The number of benzene rings is 1. The normalized spacial score (nSPS) is 11.2. The van der Waals surface area contributed by atoms with Crippen molar-refractivity contribution in [1.82, 2.24) is 0 Å². The highest BCUT2D eigenvalue weighted by molar-refractivity contribution is 6.68. The number of hydrogen-bond donors (Lipinski definition) is 0. The van der Waals surface area contributed by atoms with Gasteiger partial charge in [0.15, 0.2) is 0 Å². The largest absolute Gasteiger partial charge is 0.276 e. The van der Waals surface area contributed by atoms with Crippen LogP contribution in [0.5, 0.6) is 0 Å². The fourth-order valence-electron chi connectivity index (χ4n) is 0.999. The second-order valence-electron chi connectivity index (χ2n) is 2.95. The minimum absolute atomic E-state index is 0.0157. The summed E-state index contributed by atoms with van der Waals surface area (Å²) < 4.78 is 0. The molecule has 0 atom stereocenters. The zero-order valence-electron chi connectivity index (χ0n) is 7.94. The Balaban J connectivity index is 2.95. The van der Waals surface area contributed by atoms with Gasteiger partial charge in [-0.05, 0) is 42.3 Å². The van der Waals surface area contributed by atoms with Gasteiger partial charge in [0.25, 0.3) is 5.69 Å². The van der Waals surface area contributed by atoms with Crippen molar-refractivity contribution in [2.45, 2.75) is 6.92 Å². The molecule has 0 heterocycles. The number of non-ortho nitro benzene ring substituents is 1. The third-order valence-electron chi connectivity index (χ3n) is 1.80. The maximum Gasteiger partial charge on any atom is 0.269 e. The second kappa shape index (κ2) is 4.70. The lowest BCUT2D eigenvalue weighted by molar-refractivity contribution is -0.384. The van der Waals surface area contributed by atoms with E-state index in [9.17, 15) is 14.9 Å². The van der Waals surface area contributed by atoms with Crippen LogP contribution in [0.4, 0.5) is 5.69 Å². The summed E-state index contributed by atoms with van der Waals surface area (Å²) in [6, 6.07) is 5.86. The molecule has 15 heavy (non-hydrogen) atoms. The van der Waals surface area contributed by atoms with Gasteiger partial charge in [0.1, 0.15) is 0 Å². The van der Waals surface area contributed by atoms with Crippen LogP contribution >= 0.6 is 11.6 Å². The molecular formula is C10H8ClNO3. The van der Waals surface area contributed by atoms with Crippen LogP contribution in [-0.4, -0.2) is 10.2 Å². The summed E-state index contributed by atoms with van der Waals surface area (Å²) in [4.78, 5) is 20.6. The van der Waals surface area contributed by atoms with Gasteiger partial charge in [-0.25, -0.2) is 0 Å². The molecule has 0 aliphatic carbocycles. The molecule has 0 aliphatic heterocycles. The van der Waals surface area contributed by atoms with Gasteiger partial charge in [-0.15, -0.1) is 0 Å². The predicted molar refractivity (Wildman–Crippen MR) is 57.6 cm³/mol. The van der Waals surface area contributed by atoms with Crippen LogP contribution in [0.2, 0.25) is 0 Å². The molecule has 0 aromatic heterocycles. The molecule has 78 valence electrons. The summed E-state index contributed by atoms with van der Waals surface area (Å²) in [7, 11) is 0. The quantitative estimate of drug-likeness (QED) is 0.344. The first-order valence-corrected chi connectivity index (χ1v) is 4.51. The van der Waals surface area contributed by atoms with Crippen molar-refractivity contribution in [2.24, 2.45) is 0 Å². The molecule has 0 radical (unpaired) electrons.